The van der Waals surface area contributed by atoms with Gasteiger partial charge in [0.25, 0.3) is 0 Å². The summed E-state index contributed by atoms with van der Waals surface area (Å²) in [7, 11) is -3.52. The summed E-state index contributed by atoms with van der Waals surface area (Å²) in [4.78, 5) is 6.54. The molecule has 2 aromatic heterocycles. The molecule has 0 radical (unpaired) electrons. The average Bonchev–Trinajstić information content (AvgIpc) is 3.53. The largest absolute Gasteiger partial charge is 0.378 e. The number of sulfone groups is 1. The maximum Gasteiger partial charge on any atom is 0.214 e. The lowest BCUT2D eigenvalue weighted by atomic mass is 10.0. The van der Waals surface area contributed by atoms with E-state index in [0.29, 0.717) is 59.5 Å². The molecule has 4 heterocycles. The van der Waals surface area contributed by atoms with Gasteiger partial charge < -0.3 is 14.2 Å². The third kappa shape index (κ3) is 3.34. The second-order valence-corrected chi connectivity index (χ2v) is 10.2. The molecule has 0 amide bonds. The molecule has 2 aliphatic heterocycles. The van der Waals surface area contributed by atoms with Gasteiger partial charge >= 0.3 is 0 Å². The average molecular weight is 476 g/mol. The second-order valence-electron chi connectivity index (χ2n) is 8.19. The Labute approximate surface area is 196 Å². The summed E-state index contributed by atoms with van der Waals surface area (Å²) in [5.74, 6) is 0.326. The molecule has 10 heteroatoms. The van der Waals surface area contributed by atoms with E-state index in [1.807, 2.05) is 36.4 Å². The van der Waals surface area contributed by atoms with Crippen LogP contribution in [0.3, 0.4) is 0 Å². The smallest absolute Gasteiger partial charge is 0.214 e. The molecule has 9 nitrogen and oxygen atoms in total. The van der Waals surface area contributed by atoms with Gasteiger partial charge in [0.05, 0.1) is 40.9 Å². The molecular formula is C24H21N5O4S. The minimum atomic E-state index is -3.52. The zero-order valence-electron chi connectivity index (χ0n) is 18.2. The Hall–Kier alpha value is -3.76. The normalized spacial score (nSPS) is 16.6. The molecule has 0 bridgehead atoms. The fraction of sp³-hybridized carbons (Fsp3) is 0.208. The van der Waals surface area contributed by atoms with E-state index < -0.39 is 9.84 Å². The summed E-state index contributed by atoms with van der Waals surface area (Å²) in [6.07, 6.45) is 1.28. The monoisotopic (exact) mass is 475 g/mol. The third-order valence-electron chi connectivity index (χ3n) is 6.17. The van der Waals surface area contributed by atoms with Gasteiger partial charge in [-0.1, -0.05) is 42.1 Å². The number of rotatable bonds is 4. The Kier molecular flexibility index (Phi) is 4.85. The van der Waals surface area contributed by atoms with Gasteiger partial charge in [0.1, 0.15) is 5.69 Å². The van der Waals surface area contributed by atoms with Crippen molar-refractivity contribution in [2.45, 2.75) is 10.6 Å². The minimum absolute atomic E-state index is 0.136. The van der Waals surface area contributed by atoms with Crippen LogP contribution in [0.1, 0.15) is 11.3 Å². The first-order valence-corrected chi connectivity index (χ1v) is 12.5. The van der Waals surface area contributed by atoms with Crippen LogP contribution < -0.4 is 0 Å². The van der Waals surface area contributed by atoms with Gasteiger partial charge in [-0.05, 0) is 18.2 Å². The topological polar surface area (TPSA) is 103 Å². The number of hydrogen-bond acceptors (Lipinski definition) is 8. The van der Waals surface area contributed by atoms with Crippen molar-refractivity contribution in [1.82, 2.24) is 24.8 Å². The Morgan fingerprint density at radius 2 is 1.88 bits per heavy atom. The van der Waals surface area contributed by atoms with E-state index in [0.717, 1.165) is 16.9 Å². The van der Waals surface area contributed by atoms with Crippen LogP contribution >= 0.6 is 0 Å². The van der Waals surface area contributed by atoms with Crippen LogP contribution in [-0.4, -0.2) is 59.5 Å². The van der Waals surface area contributed by atoms with Crippen LogP contribution in [0.25, 0.3) is 34.0 Å². The molecule has 0 spiro atoms. The maximum atomic E-state index is 13.2. The minimum Gasteiger partial charge on any atom is -0.378 e. The molecule has 1 saturated heterocycles. The molecule has 6 rings (SSSR count). The standard InChI is InChI=1S/C24H21N5O4S/c1-16(28-9-11-32-12-10-28)22-20-14-34(30,31)21-8-3-2-7-19(21)23(20)29(26-22)18-6-4-5-17(13-18)24-25-15-33-27-24/h2-8,13,15H,1,9-12,14H2. The van der Waals surface area contributed by atoms with E-state index in [1.54, 1.807) is 16.8 Å². The third-order valence-corrected chi connectivity index (χ3v) is 7.87. The lowest BCUT2D eigenvalue weighted by Gasteiger charge is -2.30. The zero-order chi connectivity index (χ0) is 23.3. The highest BCUT2D eigenvalue weighted by Crippen LogP contribution is 2.42. The molecule has 4 aromatic rings. The van der Waals surface area contributed by atoms with Crippen molar-refractivity contribution < 1.29 is 17.7 Å². The van der Waals surface area contributed by atoms with E-state index in [1.165, 1.54) is 6.39 Å². The van der Waals surface area contributed by atoms with Gasteiger partial charge in [-0.25, -0.2) is 13.1 Å². The fourth-order valence-corrected chi connectivity index (χ4v) is 6.14. The molecule has 34 heavy (non-hydrogen) atoms. The summed E-state index contributed by atoms with van der Waals surface area (Å²) in [6.45, 7) is 6.83. The van der Waals surface area contributed by atoms with Gasteiger partial charge in [-0.3, -0.25) is 0 Å². The van der Waals surface area contributed by atoms with Crippen LogP contribution in [0.4, 0.5) is 0 Å². The van der Waals surface area contributed by atoms with Crippen molar-refractivity contribution in [2.24, 2.45) is 0 Å². The SMILES string of the molecule is C=C(c1nn(-c2cccc(-c3ncon3)c2)c2c1CS(=O)(=O)c1ccccc1-2)N1CCOCC1. The van der Waals surface area contributed by atoms with Crippen molar-refractivity contribution in [3.8, 4) is 28.3 Å². The molecule has 0 aliphatic carbocycles. The molecule has 0 unspecified atom stereocenters. The Morgan fingerprint density at radius 1 is 1.06 bits per heavy atom. The van der Waals surface area contributed by atoms with Crippen LogP contribution in [0.15, 0.2) is 70.9 Å². The van der Waals surface area contributed by atoms with E-state index in [2.05, 4.69) is 21.6 Å². The van der Waals surface area contributed by atoms with Gasteiger partial charge in [0.15, 0.2) is 9.84 Å². The number of nitrogens with zero attached hydrogens (tertiary/aromatic N) is 5. The second kappa shape index (κ2) is 7.93. The van der Waals surface area contributed by atoms with Crippen LogP contribution in [0.2, 0.25) is 0 Å². The first kappa shape index (κ1) is 20.8. The molecular weight excluding hydrogens is 454 g/mol. The summed E-state index contributed by atoms with van der Waals surface area (Å²) in [5.41, 5.74) is 4.83. The summed E-state index contributed by atoms with van der Waals surface area (Å²) < 4.78 is 38.6. The number of benzene rings is 2. The molecule has 2 aromatic carbocycles. The number of fused-ring (bicyclic) bond motifs is 3. The van der Waals surface area contributed by atoms with Crippen molar-refractivity contribution in [3.63, 3.8) is 0 Å². The molecule has 1 fully saturated rings. The molecule has 172 valence electrons. The van der Waals surface area contributed by atoms with Gasteiger partial charge in [0, 0.05) is 29.8 Å². The lowest BCUT2D eigenvalue weighted by molar-refractivity contribution is 0.0639. The van der Waals surface area contributed by atoms with Crippen molar-refractivity contribution in [3.05, 3.63) is 72.8 Å². The number of ether oxygens (including phenoxy) is 1. The van der Waals surface area contributed by atoms with Crippen LogP contribution in [0.5, 0.6) is 0 Å². The zero-order valence-corrected chi connectivity index (χ0v) is 19.0. The fourth-order valence-electron chi connectivity index (χ4n) is 4.54. The Morgan fingerprint density at radius 3 is 2.68 bits per heavy atom. The number of morpholine rings is 1. The van der Waals surface area contributed by atoms with Crippen LogP contribution in [0, 0.1) is 0 Å². The van der Waals surface area contributed by atoms with E-state index >= 15 is 0 Å². The van der Waals surface area contributed by atoms with Crippen LogP contribution in [-0.2, 0) is 20.3 Å². The first-order chi connectivity index (χ1) is 16.5. The summed E-state index contributed by atoms with van der Waals surface area (Å²) in [6, 6.07) is 14.7. The van der Waals surface area contributed by atoms with Gasteiger partial charge in [-0.15, -0.1) is 0 Å². The maximum absolute atomic E-state index is 13.2. The molecule has 2 aliphatic rings. The summed E-state index contributed by atoms with van der Waals surface area (Å²) >= 11 is 0. The van der Waals surface area contributed by atoms with Crippen molar-refractivity contribution in [1.29, 1.82) is 0 Å². The predicted octanol–water partition coefficient (Wildman–Crippen LogP) is 3.18. The van der Waals surface area contributed by atoms with Gasteiger partial charge in [0.2, 0.25) is 12.2 Å². The molecule has 0 saturated carbocycles. The highest BCUT2D eigenvalue weighted by molar-refractivity contribution is 7.90. The lowest BCUT2D eigenvalue weighted by Crippen LogP contribution is -2.35. The number of aromatic nitrogens is 4. The van der Waals surface area contributed by atoms with E-state index in [4.69, 9.17) is 14.4 Å². The van der Waals surface area contributed by atoms with Gasteiger partial charge in [-0.2, -0.15) is 10.1 Å². The first-order valence-electron chi connectivity index (χ1n) is 10.9. The highest BCUT2D eigenvalue weighted by atomic mass is 32.2. The predicted molar refractivity (Wildman–Crippen MR) is 125 cm³/mol. The quantitative estimate of drug-likeness (QED) is 0.443. The molecule has 0 N–H and O–H groups in total. The van der Waals surface area contributed by atoms with Crippen molar-refractivity contribution in [2.75, 3.05) is 26.3 Å². The van der Waals surface area contributed by atoms with Crippen molar-refractivity contribution >= 4 is 15.5 Å². The Balaban J connectivity index is 1.57. The Bertz CT molecular complexity index is 1500. The molecule has 0 atom stereocenters. The summed E-state index contributed by atoms with van der Waals surface area (Å²) in [5, 5.41) is 8.86. The van der Waals surface area contributed by atoms with E-state index in [9.17, 15) is 8.42 Å². The van der Waals surface area contributed by atoms with E-state index in [-0.39, 0.29) is 5.75 Å². The highest BCUT2D eigenvalue weighted by Gasteiger charge is 2.35. The number of hydrogen-bond donors (Lipinski definition) is 0.